The minimum atomic E-state index is -3.48. The fraction of sp³-hybridized carbons (Fsp3) is 0.571. The fourth-order valence-corrected chi connectivity index (χ4v) is 3.50. The number of nitrogens with zero attached hydrogens (tertiary/aromatic N) is 1. The quantitative estimate of drug-likeness (QED) is 0.725. The van der Waals surface area contributed by atoms with E-state index in [2.05, 4.69) is 0 Å². The molecule has 0 saturated carbocycles. The van der Waals surface area contributed by atoms with Crippen molar-refractivity contribution >= 4 is 21.6 Å². The first-order chi connectivity index (χ1) is 9.32. The van der Waals surface area contributed by atoms with Gasteiger partial charge < -0.3 is 4.74 Å². The highest BCUT2D eigenvalue weighted by molar-refractivity contribution is 7.89. The molecule has 0 amide bonds. The highest BCUT2D eigenvalue weighted by Gasteiger charge is 2.22. The summed E-state index contributed by atoms with van der Waals surface area (Å²) in [5.41, 5.74) is 0.688. The van der Waals surface area contributed by atoms with Crippen LogP contribution in [-0.2, 0) is 15.9 Å². The van der Waals surface area contributed by atoms with Crippen molar-refractivity contribution in [1.29, 1.82) is 0 Å². The van der Waals surface area contributed by atoms with E-state index in [-0.39, 0.29) is 16.7 Å². The Morgan fingerprint density at radius 2 is 2.00 bits per heavy atom. The third-order valence-electron chi connectivity index (χ3n) is 2.81. The van der Waals surface area contributed by atoms with Gasteiger partial charge in [0.1, 0.15) is 5.75 Å². The summed E-state index contributed by atoms with van der Waals surface area (Å²) in [7, 11) is -1.89. The number of halogens is 1. The van der Waals surface area contributed by atoms with Gasteiger partial charge >= 0.3 is 0 Å². The number of alkyl halides is 1. The normalized spacial score (nSPS) is 12.2. The summed E-state index contributed by atoms with van der Waals surface area (Å²) >= 11 is 5.87. The van der Waals surface area contributed by atoms with E-state index in [0.717, 1.165) is 0 Å². The summed E-state index contributed by atoms with van der Waals surface area (Å²) in [5, 5.41) is 0. The lowest BCUT2D eigenvalue weighted by atomic mass is 10.2. The maximum atomic E-state index is 12.4. The van der Waals surface area contributed by atoms with Crippen molar-refractivity contribution in [3.05, 3.63) is 23.8 Å². The van der Waals surface area contributed by atoms with Crippen molar-refractivity contribution in [3.8, 4) is 5.75 Å². The monoisotopic (exact) mass is 319 g/mol. The molecule has 0 atom stereocenters. The van der Waals surface area contributed by atoms with Gasteiger partial charge in [0, 0.05) is 19.2 Å². The zero-order valence-electron chi connectivity index (χ0n) is 12.4. The van der Waals surface area contributed by atoms with Crippen molar-refractivity contribution in [1.82, 2.24) is 4.31 Å². The molecule has 0 aliphatic rings. The average molecular weight is 320 g/mol. The SMILES string of the molecule is CCOc1ccc(S(=O)(=O)N(C)CC(C)C)cc1CCl. The topological polar surface area (TPSA) is 46.6 Å². The first kappa shape index (κ1) is 17.3. The molecule has 0 bridgehead atoms. The van der Waals surface area contributed by atoms with E-state index in [4.69, 9.17) is 16.3 Å². The van der Waals surface area contributed by atoms with Crippen LogP contribution >= 0.6 is 11.6 Å². The van der Waals surface area contributed by atoms with Crippen LogP contribution in [0.5, 0.6) is 5.75 Å². The number of ether oxygens (including phenoxy) is 1. The molecule has 1 aromatic carbocycles. The molecule has 114 valence electrons. The molecule has 20 heavy (non-hydrogen) atoms. The van der Waals surface area contributed by atoms with Crippen LogP contribution in [0.1, 0.15) is 26.3 Å². The van der Waals surface area contributed by atoms with Gasteiger partial charge in [-0.05, 0) is 31.0 Å². The van der Waals surface area contributed by atoms with E-state index < -0.39 is 10.0 Å². The summed E-state index contributed by atoms with van der Waals surface area (Å²) in [6.07, 6.45) is 0. The first-order valence-corrected chi connectivity index (χ1v) is 8.58. The molecule has 0 fully saturated rings. The Hall–Kier alpha value is -0.780. The number of hydrogen-bond acceptors (Lipinski definition) is 3. The predicted octanol–water partition coefficient (Wildman–Crippen LogP) is 3.10. The smallest absolute Gasteiger partial charge is 0.242 e. The second-order valence-electron chi connectivity index (χ2n) is 5.02. The Balaban J connectivity index is 3.13. The highest BCUT2D eigenvalue weighted by atomic mass is 35.5. The Labute approximate surface area is 126 Å². The molecule has 4 nitrogen and oxygen atoms in total. The number of sulfonamides is 1. The second-order valence-corrected chi connectivity index (χ2v) is 7.33. The largest absolute Gasteiger partial charge is 0.494 e. The molecular weight excluding hydrogens is 298 g/mol. The molecular formula is C14H22ClNO3S. The van der Waals surface area contributed by atoms with Gasteiger partial charge in [-0.15, -0.1) is 11.6 Å². The number of benzene rings is 1. The number of hydrogen-bond donors (Lipinski definition) is 0. The van der Waals surface area contributed by atoms with Crippen molar-refractivity contribution < 1.29 is 13.2 Å². The lowest BCUT2D eigenvalue weighted by molar-refractivity contribution is 0.337. The third-order valence-corrected chi connectivity index (χ3v) is 4.91. The van der Waals surface area contributed by atoms with Gasteiger partial charge in [-0.2, -0.15) is 0 Å². The van der Waals surface area contributed by atoms with Gasteiger partial charge in [0.15, 0.2) is 0 Å². The van der Waals surface area contributed by atoms with Crippen LogP contribution in [0.15, 0.2) is 23.1 Å². The lowest BCUT2D eigenvalue weighted by Crippen LogP contribution is -2.30. The van der Waals surface area contributed by atoms with E-state index in [9.17, 15) is 8.42 Å². The van der Waals surface area contributed by atoms with Gasteiger partial charge in [0.2, 0.25) is 10.0 Å². The van der Waals surface area contributed by atoms with Gasteiger partial charge in [-0.3, -0.25) is 0 Å². The lowest BCUT2D eigenvalue weighted by Gasteiger charge is -2.20. The highest BCUT2D eigenvalue weighted by Crippen LogP contribution is 2.26. The van der Waals surface area contributed by atoms with Crippen molar-refractivity contribution in [2.75, 3.05) is 20.2 Å². The molecule has 0 radical (unpaired) electrons. The molecule has 6 heteroatoms. The van der Waals surface area contributed by atoms with Crippen LogP contribution in [0.2, 0.25) is 0 Å². The molecule has 0 aliphatic heterocycles. The minimum absolute atomic E-state index is 0.215. The van der Waals surface area contributed by atoms with Crippen LogP contribution in [0, 0.1) is 5.92 Å². The first-order valence-electron chi connectivity index (χ1n) is 6.61. The van der Waals surface area contributed by atoms with E-state index >= 15 is 0 Å². The fourth-order valence-electron chi connectivity index (χ4n) is 1.91. The molecule has 0 N–H and O–H groups in total. The summed E-state index contributed by atoms with van der Waals surface area (Å²) < 4.78 is 31.7. The van der Waals surface area contributed by atoms with Crippen LogP contribution in [0.4, 0.5) is 0 Å². The summed E-state index contributed by atoms with van der Waals surface area (Å²) in [6, 6.07) is 4.81. The molecule has 0 aliphatic carbocycles. The molecule has 0 heterocycles. The number of rotatable bonds is 7. The molecule has 1 aromatic rings. The van der Waals surface area contributed by atoms with Crippen molar-refractivity contribution in [2.24, 2.45) is 5.92 Å². The maximum Gasteiger partial charge on any atom is 0.242 e. The average Bonchev–Trinajstić information content (AvgIpc) is 2.38. The van der Waals surface area contributed by atoms with E-state index in [1.54, 1.807) is 25.2 Å². The van der Waals surface area contributed by atoms with Crippen LogP contribution in [-0.4, -0.2) is 32.9 Å². The molecule has 0 spiro atoms. The van der Waals surface area contributed by atoms with E-state index in [1.807, 2.05) is 20.8 Å². The van der Waals surface area contributed by atoms with Gasteiger partial charge in [0.05, 0.1) is 17.4 Å². The minimum Gasteiger partial charge on any atom is -0.494 e. The third kappa shape index (κ3) is 4.11. The molecule has 0 unspecified atom stereocenters. The van der Waals surface area contributed by atoms with Gasteiger partial charge in [-0.25, -0.2) is 12.7 Å². The van der Waals surface area contributed by atoms with Gasteiger partial charge in [-0.1, -0.05) is 13.8 Å². The Morgan fingerprint density at radius 3 is 2.50 bits per heavy atom. The summed E-state index contributed by atoms with van der Waals surface area (Å²) in [5.74, 6) is 1.12. The van der Waals surface area contributed by atoms with Crippen LogP contribution in [0.25, 0.3) is 0 Å². The van der Waals surface area contributed by atoms with Crippen LogP contribution in [0.3, 0.4) is 0 Å². The van der Waals surface area contributed by atoms with E-state index in [0.29, 0.717) is 24.5 Å². The Morgan fingerprint density at radius 1 is 1.35 bits per heavy atom. The Bertz CT molecular complexity index is 543. The summed E-state index contributed by atoms with van der Waals surface area (Å²) in [4.78, 5) is 0.250. The van der Waals surface area contributed by atoms with Crippen molar-refractivity contribution in [3.63, 3.8) is 0 Å². The van der Waals surface area contributed by atoms with E-state index in [1.165, 1.54) is 4.31 Å². The maximum absolute atomic E-state index is 12.4. The predicted molar refractivity (Wildman–Crippen MR) is 81.8 cm³/mol. The van der Waals surface area contributed by atoms with Crippen LogP contribution < -0.4 is 4.74 Å². The molecule has 0 saturated heterocycles. The summed E-state index contributed by atoms with van der Waals surface area (Å²) in [6.45, 7) is 6.83. The second kappa shape index (κ2) is 7.29. The standard InChI is InChI=1S/C14H22ClNO3S/c1-5-19-14-7-6-13(8-12(14)9-15)20(17,18)16(4)10-11(2)3/h6-8,11H,5,9-10H2,1-4H3. The zero-order chi connectivity index (χ0) is 15.3. The molecule has 1 rings (SSSR count). The van der Waals surface area contributed by atoms with Crippen molar-refractivity contribution in [2.45, 2.75) is 31.5 Å². The Kier molecular flexibility index (Phi) is 6.30. The zero-order valence-corrected chi connectivity index (χ0v) is 14.0. The molecule has 0 aromatic heterocycles. The van der Waals surface area contributed by atoms with Gasteiger partial charge in [0.25, 0.3) is 0 Å².